The molecule has 1 saturated heterocycles. The Labute approximate surface area is 94.5 Å². The maximum Gasteiger partial charge on any atom is 0.223 e. The molecule has 2 heterocycles. The molecule has 0 spiro atoms. The molecule has 0 aromatic carbocycles. The van der Waals surface area contributed by atoms with E-state index in [0.29, 0.717) is 17.7 Å². The molecule has 16 heavy (non-hydrogen) atoms. The minimum atomic E-state index is 0.367. The van der Waals surface area contributed by atoms with Crippen molar-refractivity contribution in [3.8, 4) is 6.07 Å². The summed E-state index contributed by atoms with van der Waals surface area (Å²) in [6.45, 7) is 1.66. The number of aromatic nitrogens is 2. The van der Waals surface area contributed by atoms with Crippen LogP contribution in [0.3, 0.4) is 0 Å². The molecule has 0 saturated carbocycles. The molecule has 1 aliphatic heterocycles. The second-order valence-corrected chi connectivity index (χ2v) is 3.73. The molecule has 0 bridgehead atoms. The van der Waals surface area contributed by atoms with E-state index in [4.69, 9.17) is 10.00 Å². The van der Waals surface area contributed by atoms with Crippen LogP contribution in [0.15, 0.2) is 12.3 Å². The van der Waals surface area contributed by atoms with E-state index >= 15 is 0 Å². The lowest BCUT2D eigenvalue weighted by molar-refractivity contribution is 0.107. The van der Waals surface area contributed by atoms with E-state index in [2.05, 4.69) is 15.3 Å². The molecular weight excluding hydrogens is 204 g/mol. The van der Waals surface area contributed by atoms with Crippen molar-refractivity contribution in [3.63, 3.8) is 0 Å². The molecule has 1 aromatic heterocycles. The SMILES string of the molecule is N#Cc1ccnc(NCCC2CCCO2)n1. The van der Waals surface area contributed by atoms with Gasteiger partial charge in [-0.2, -0.15) is 5.26 Å². The van der Waals surface area contributed by atoms with Crippen LogP contribution in [0.25, 0.3) is 0 Å². The summed E-state index contributed by atoms with van der Waals surface area (Å²) in [5.41, 5.74) is 0.384. The molecule has 84 valence electrons. The largest absolute Gasteiger partial charge is 0.378 e. The summed E-state index contributed by atoms with van der Waals surface area (Å²) in [6.07, 6.45) is 5.21. The molecule has 1 N–H and O–H groups in total. The topological polar surface area (TPSA) is 70.8 Å². The van der Waals surface area contributed by atoms with Gasteiger partial charge in [-0.15, -0.1) is 0 Å². The van der Waals surface area contributed by atoms with Crippen LogP contribution in [-0.2, 0) is 4.74 Å². The summed E-state index contributed by atoms with van der Waals surface area (Å²) in [5.74, 6) is 0.511. The summed E-state index contributed by atoms with van der Waals surface area (Å²) in [7, 11) is 0. The van der Waals surface area contributed by atoms with Crippen molar-refractivity contribution in [1.29, 1.82) is 5.26 Å². The van der Waals surface area contributed by atoms with Crippen molar-refractivity contribution in [2.45, 2.75) is 25.4 Å². The van der Waals surface area contributed by atoms with Gasteiger partial charge in [0.05, 0.1) is 6.10 Å². The highest BCUT2D eigenvalue weighted by molar-refractivity contribution is 5.29. The second-order valence-electron chi connectivity index (χ2n) is 3.73. The van der Waals surface area contributed by atoms with Crippen LogP contribution < -0.4 is 5.32 Å². The van der Waals surface area contributed by atoms with Gasteiger partial charge >= 0.3 is 0 Å². The average molecular weight is 218 g/mol. The Kier molecular flexibility index (Phi) is 3.67. The number of nitrogens with one attached hydrogen (secondary N) is 1. The molecule has 1 aliphatic rings. The molecule has 1 fully saturated rings. The highest BCUT2D eigenvalue weighted by Gasteiger charge is 2.14. The molecule has 2 rings (SSSR count). The number of hydrogen-bond acceptors (Lipinski definition) is 5. The van der Waals surface area contributed by atoms with Crippen LogP contribution in [0.1, 0.15) is 25.0 Å². The van der Waals surface area contributed by atoms with Gasteiger partial charge in [-0.05, 0) is 25.3 Å². The minimum absolute atomic E-state index is 0.367. The monoisotopic (exact) mass is 218 g/mol. The van der Waals surface area contributed by atoms with Crippen LogP contribution in [0.2, 0.25) is 0 Å². The normalized spacial score (nSPS) is 19.3. The minimum Gasteiger partial charge on any atom is -0.378 e. The highest BCUT2D eigenvalue weighted by atomic mass is 16.5. The molecule has 1 unspecified atom stereocenters. The van der Waals surface area contributed by atoms with E-state index in [0.717, 1.165) is 32.4 Å². The molecule has 0 amide bonds. The molecular formula is C11H14N4O. The number of hydrogen-bond donors (Lipinski definition) is 1. The third-order valence-corrected chi connectivity index (χ3v) is 2.54. The molecule has 0 radical (unpaired) electrons. The van der Waals surface area contributed by atoms with Gasteiger partial charge in [-0.25, -0.2) is 9.97 Å². The number of nitrogens with zero attached hydrogens (tertiary/aromatic N) is 3. The van der Waals surface area contributed by atoms with Gasteiger partial charge in [-0.1, -0.05) is 0 Å². The molecule has 0 aliphatic carbocycles. The van der Waals surface area contributed by atoms with Crippen molar-refractivity contribution in [2.24, 2.45) is 0 Å². The van der Waals surface area contributed by atoms with Crippen molar-refractivity contribution >= 4 is 5.95 Å². The average Bonchev–Trinajstić information content (AvgIpc) is 2.82. The zero-order chi connectivity index (χ0) is 11.2. The Balaban J connectivity index is 1.78. The van der Waals surface area contributed by atoms with Gasteiger partial charge in [0.15, 0.2) is 0 Å². The first-order valence-corrected chi connectivity index (χ1v) is 5.47. The van der Waals surface area contributed by atoms with Crippen molar-refractivity contribution in [1.82, 2.24) is 9.97 Å². The molecule has 5 nitrogen and oxygen atoms in total. The lowest BCUT2D eigenvalue weighted by Gasteiger charge is -2.09. The fourth-order valence-electron chi connectivity index (χ4n) is 1.72. The lowest BCUT2D eigenvalue weighted by Crippen LogP contribution is -2.13. The summed E-state index contributed by atoms with van der Waals surface area (Å²) < 4.78 is 5.50. The number of rotatable bonds is 4. The number of nitriles is 1. The molecule has 1 atom stereocenters. The number of ether oxygens (including phenoxy) is 1. The third-order valence-electron chi connectivity index (χ3n) is 2.54. The zero-order valence-electron chi connectivity index (χ0n) is 9.02. The fourth-order valence-corrected chi connectivity index (χ4v) is 1.72. The van der Waals surface area contributed by atoms with E-state index < -0.39 is 0 Å². The van der Waals surface area contributed by atoms with Gasteiger partial charge in [0.2, 0.25) is 5.95 Å². The van der Waals surface area contributed by atoms with Gasteiger partial charge < -0.3 is 10.1 Å². The van der Waals surface area contributed by atoms with Crippen LogP contribution in [-0.4, -0.2) is 29.2 Å². The Morgan fingerprint density at radius 1 is 1.62 bits per heavy atom. The van der Waals surface area contributed by atoms with Crippen LogP contribution >= 0.6 is 0 Å². The Morgan fingerprint density at radius 3 is 3.31 bits per heavy atom. The van der Waals surface area contributed by atoms with Crippen molar-refractivity contribution in [2.75, 3.05) is 18.5 Å². The van der Waals surface area contributed by atoms with Gasteiger partial charge in [0.25, 0.3) is 0 Å². The molecule has 5 heteroatoms. The molecule has 1 aromatic rings. The summed E-state index contributed by atoms with van der Waals surface area (Å²) >= 11 is 0. The van der Waals surface area contributed by atoms with Gasteiger partial charge in [-0.3, -0.25) is 0 Å². The summed E-state index contributed by atoms with van der Waals surface area (Å²) in [6, 6.07) is 3.57. The van der Waals surface area contributed by atoms with E-state index in [1.807, 2.05) is 6.07 Å². The second kappa shape index (κ2) is 5.42. The third kappa shape index (κ3) is 2.91. The zero-order valence-corrected chi connectivity index (χ0v) is 9.02. The standard InChI is InChI=1S/C11H14N4O/c12-8-9-3-5-13-11(15-9)14-6-4-10-2-1-7-16-10/h3,5,10H,1-2,4,6-7H2,(H,13,14,15). The van der Waals surface area contributed by atoms with Crippen LogP contribution in [0.5, 0.6) is 0 Å². The Hall–Kier alpha value is -1.67. The van der Waals surface area contributed by atoms with Gasteiger partial charge in [0.1, 0.15) is 11.8 Å². The van der Waals surface area contributed by atoms with Crippen LogP contribution in [0, 0.1) is 11.3 Å². The Morgan fingerprint density at radius 2 is 2.56 bits per heavy atom. The maximum absolute atomic E-state index is 8.67. The van der Waals surface area contributed by atoms with E-state index in [-0.39, 0.29) is 0 Å². The Bertz CT molecular complexity index is 382. The van der Waals surface area contributed by atoms with E-state index in [1.54, 1.807) is 12.3 Å². The maximum atomic E-state index is 8.67. The van der Waals surface area contributed by atoms with E-state index in [1.165, 1.54) is 0 Å². The van der Waals surface area contributed by atoms with Gasteiger partial charge in [0, 0.05) is 19.3 Å². The number of anilines is 1. The quantitative estimate of drug-likeness (QED) is 0.825. The first kappa shape index (κ1) is 10.8. The van der Waals surface area contributed by atoms with Crippen molar-refractivity contribution < 1.29 is 4.74 Å². The van der Waals surface area contributed by atoms with Crippen molar-refractivity contribution in [3.05, 3.63) is 18.0 Å². The first-order chi connectivity index (χ1) is 7.88. The highest BCUT2D eigenvalue weighted by Crippen LogP contribution is 2.14. The summed E-state index contributed by atoms with van der Waals surface area (Å²) in [5, 5.41) is 11.8. The smallest absolute Gasteiger partial charge is 0.223 e. The van der Waals surface area contributed by atoms with E-state index in [9.17, 15) is 0 Å². The van der Waals surface area contributed by atoms with Crippen LogP contribution in [0.4, 0.5) is 5.95 Å². The predicted molar refractivity (Wildman–Crippen MR) is 58.8 cm³/mol. The first-order valence-electron chi connectivity index (χ1n) is 5.47. The summed E-state index contributed by atoms with van der Waals surface area (Å²) in [4.78, 5) is 8.07. The predicted octanol–water partition coefficient (Wildman–Crippen LogP) is 1.33. The lowest BCUT2D eigenvalue weighted by atomic mass is 10.2. The fraction of sp³-hybridized carbons (Fsp3) is 0.545.